The summed E-state index contributed by atoms with van der Waals surface area (Å²) in [6.45, 7) is 3.49. The van der Waals surface area contributed by atoms with E-state index >= 15 is 0 Å². The van der Waals surface area contributed by atoms with Crippen LogP contribution in [0.3, 0.4) is 0 Å². The number of nitrogens with zero attached hydrogens (tertiary/aromatic N) is 4. The van der Waals surface area contributed by atoms with Crippen LogP contribution < -0.4 is 25.8 Å². The van der Waals surface area contributed by atoms with Crippen molar-refractivity contribution in [2.24, 2.45) is 17.8 Å². The van der Waals surface area contributed by atoms with Crippen molar-refractivity contribution in [2.45, 2.75) is 45.1 Å². The number of alkyl halides is 2. The van der Waals surface area contributed by atoms with E-state index in [2.05, 4.69) is 0 Å². The summed E-state index contributed by atoms with van der Waals surface area (Å²) in [5, 5.41) is 0.826. The molecule has 2 N–H and O–H groups in total. The van der Waals surface area contributed by atoms with E-state index in [1.807, 2.05) is 28.0 Å². The van der Waals surface area contributed by atoms with Crippen molar-refractivity contribution in [2.75, 3.05) is 36.5 Å². The lowest BCUT2D eigenvalue weighted by Crippen LogP contribution is -2.35. The highest BCUT2D eigenvalue weighted by Crippen LogP contribution is 2.43. The van der Waals surface area contributed by atoms with Crippen LogP contribution in [-0.4, -0.2) is 49.9 Å². The molecule has 48 heavy (non-hydrogen) atoms. The number of ether oxygens (including phenoxy) is 1. The average molecular weight is 658 g/mol. The van der Waals surface area contributed by atoms with Crippen LogP contribution in [0.25, 0.3) is 16.5 Å². The molecule has 0 spiro atoms. The summed E-state index contributed by atoms with van der Waals surface area (Å²) in [7, 11) is 3.27. The molecule has 4 aromatic rings. The lowest BCUT2D eigenvalue weighted by molar-refractivity contribution is 0.112. The molecule has 0 bridgehead atoms. The Labute approximate surface area is 276 Å². The van der Waals surface area contributed by atoms with Crippen molar-refractivity contribution in [3.05, 3.63) is 98.7 Å². The van der Waals surface area contributed by atoms with Crippen LogP contribution in [0, 0.1) is 12.7 Å². The number of allylic oxidation sites excluding steroid dienone is 1. The first kappa shape index (κ1) is 32.9. The monoisotopic (exact) mass is 657 g/mol. The summed E-state index contributed by atoms with van der Waals surface area (Å²) in [6.07, 6.45) is 3.50. The van der Waals surface area contributed by atoms with Gasteiger partial charge in [-0.15, -0.1) is 0 Å². The largest absolute Gasteiger partial charge is 0.497 e. The zero-order valence-corrected chi connectivity index (χ0v) is 27.2. The highest BCUT2D eigenvalue weighted by atomic mass is 19.3. The van der Waals surface area contributed by atoms with E-state index in [9.17, 15) is 22.8 Å². The number of piperidine rings is 1. The molecule has 0 aliphatic carbocycles. The highest BCUT2D eigenvalue weighted by molar-refractivity contribution is 6.10. The third-order valence-electron chi connectivity index (χ3n) is 9.43. The van der Waals surface area contributed by atoms with Gasteiger partial charge in [0.2, 0.25) is 0 Å². The second-order valence-corrected chi connectivity index (χ2v) is 12.3. The molecule has 1 aromatic heterocycles. The molecule has 6 rings (SSSR count). The Hall–Kier alpha value is -5.06. The third-order valence-corrected chi connectivity index (χ3v) is 9.43. The number of aryl methyl sites for hydroxylation is 3. The van der Waals surface area contributed by atoms with Crippen LogP contribution in [0.1, 0.15) is 58.3 Å². The first-order valence-electron chi connectivity index (χ1n) is 16.0. The number of aldehydes is 1. The molecule has 2 aliphatic heterocycles. The molecule has 0 unspecified atom stereocenters. The van der Waals surface area contributed by atoms with Crippen LogP contribution in [0.4, 0.5) is 30.2 Å². The fourth-order valence-corrected chi connectivity index (χ4v) is 6.84. The van der Waals surface area contributed by atoms with Crippen molar-refractivity contribution in [3.8, 4) is 5.75 Å². The summed E-state index contributed by atoms with van der Waals surface area (Å²) in [5.74, 6) is 0.117. The minimum atomic E-state index is -2.77. The van der Waals surface area contributed by atoms with Crippen LogP contribution in [-0.2, 0) is 13.5 Å². The number of benzene rings is 3. The lowest BCUT2D eigenvalue weighted by atomic mass is 9.91. The Kier molecular flexibility index (Phi) is 9.30. The Morgan fingerprint density at radius 1 is 1.04 bits per heavy atom. The van der Waals surface area contributed by atoms with Gasteiger partial charge < -0.3 is 24.8 Å². The van der Waals surface area contributed by atoms with Crippen molar-refractivity contribution < 1.29 is 22.7 Å². The number of pyridine rings is 1. The number of aromatic nitrogens is 1. The summed E-state index contributed by atoms with van der Waals surface area (Å²) in [4.78, 5) is 32.4. The van der Waals surface area contributed by atoms with Gasteiger partial charge in [0, 0.05) is 84.6 Å². The molecule has 0 atom stereocenters. The summed E-state index contributed by atoms with van der Waals surface area (Å²) in [5.41, 5.74) is 10.9. The minimum Gasteiger partial charge on any atom is -0.497 e. The van der Waals surface area contributed by atoms with Gasteiger partial charge in [-0.3, -0.25) is 14.6 Å². The Balaban J connectivity index is 1.30. The summed E-state index contributed by atoms with van der Waals surface area (Å²) < 4.78 is 51.3. The van der Waals surface area contributed by atoms with Crippen LogP contribution in [0.2, 0.25) is 0 Å². The molecular formula is C37H38F3N5O3. The maximum absolute atomic E-state index is 14.8. The van der Waals surface area contributed by atoms with E-state index in [0.717, 1.165) is 23.1 Å². The molecule has 250 valence electrons. The number of anilines is 3. The fourth-order valence-electron chi connectivity index (χ4n) is 6.84. The number of nitrogens with two attached hydrogens (primary N) is 1. The quantitative estimate of drug-likeness (QED) is 0.164. The van der Waals surface area contributed by atoms with Gasteiger partial charge in [-0.05, 0) is 80.1 Å². The zero-order valence-electron chi connectivity index (χ0n) is 27.2. The smallest absolute Gasteiger partial charge is 0.264 e. The SMILES string of the molecule is COc1cc(N2CCCc3cc(/C(C=NC4CCN(c5ccc(C=O)cc5F)CC4)=C/N)c(C(F)F)cc32)c2cc(C)c(=O)n(C)c2c1. The minimum absolute atomic E-state index is 0.0857. The summed E-state index contributed by atoms with van der Waals surface area (Å²) >= 11 is 0. The van der Waals surface area contributed by atoms with Crippen molar-refractivity contribution in [1.29, 1.82) is 0 Å². The van der Waals surface area contributed by atoms with Crippen molar-refractivity contribution in [1.82, 2.24) is 4.57 Å². The van der Waals surface area contributed by atoms with Crippen LogP contribution in [0.5, 0.6) is 5.75 Å². The van der Waals surface area contributed by atoms with Gasteiger partial charge in [0.1, 0.15) is 17.9 Å². The molecule has 0 amide bonds. The summed E-state index contributed by atoms with van der Waals surface area (Å²) in [6, 6.07) is 13.2. The lowest BCUT2D eigenvalue weighted by Gasteiger charge is -2.34. The van der Waals surface area contributed by atoms with E-state index in [1.54, 1.807) is 56.1 Å². The molecule has 1 fully saturated rings. The number of methoxy groups -OCH3 is 1. The van der Waals surface area contributed by atoms with Crippen molar-refractivity contribution in [3.63, 3.8) is 0 Å². The van der Waals surface area contributed by atoms with E-state index in [4.69, 9.17) is 15.5 Å². The second kappa shape index (κ2) is 13.6. The third kappa shape index (κ3) is 6.16. The number of rotatable bonds is 8. The van der Waals surface area contributed by atoms with Gasteiger partial charge in [-0.2, -0.15) is 0 Å². The maximum Gasteiger partial charge on any atom is 0.264 e. The first-order chi connectivity index (χ1) is 23.1. The predicted octanol–water partition coefficient (Wildman–Crippen LogP) is 6.87. The van der Waals surface area contributed by atoms with E-state index < -0.39 is 12.2 Å². The van der Waals surface area contributed by atoms with E-state index in [-0.39, 0.29) is 22.7 Å². The van der Waals surface area contributed by atoms with Crippen molar-refractivity contribution >= 4 is 46.0 Å². The molecule has 3 heterocycles. The predicted molar refractivity (Wildman–Crippen MR) is 185 cm³/mol. The van der Waals surface area contributed by atoms with Gasteiger partial charge >= 0.3 is 0 Å². The maximum atomic E-state index is 14.8. The number of halogens is 3. The zero-order chi connectivity index (χ0) is 34.1. The number of aliphatic imine (C=N–C) groups is 1. The Bertz CT molecular complexity index is 2000. The standard InChI is InChI=1S/C37H38F3N5O3/c1-22-13-30-34(43(2)37(22)47)16-27(48-3)17-35(30)45-10-4-5-24-15-28(29(36(39)40)18-33(24)45)25(19-41)20-42-26-8-11-44(12-9-26)32-7-6-23(21-46)14-31(32)38/h6-7,13-21,26,36H,4-5,8-12,41H2,1-3H3/b25-19+,42-20?. The molecular weight excluding hydrogens is 619 g/mol. The van der Waals surface area contributed by atoms with Gasteiger partial charge in [-0.25, -0.2) is 13.2 Å². The Morgan fingerprint density at radius 2 is 1.81 bits per heavy atom. The van der Waals surface area contributed by atoms with Crippen LogP contribution in [0.15, 0.2) is 64.5 Å². The fraction of sp³-hybridized carbons (Fsp3) is 0.324. The van der Waals surface area contributed by atoms with E-state index in [0.29, 0.717) is 84.5 Å². The Morgan fingerprint density at radius 3 is 2.48 bits per heavy atom. The first-order valence-corrected chi connectivity index (χ1v) is 16.0. The molecule has 11 heteroatoms. The average Bonchev–Trinajstić information content (AvgIpc) is 3.10. The molecule has 1 saturated heterocycles. The molecule has 0 saturated carbocycles. The van der Waals surface area contributed by atoms with Gasteiger partial charge in [0.25, 0.3) is 12.0 Å². The molecule has 0 radical (unpaired) electrons. The topological polar surface area (TPSA) is 93.2 Å². The molecule has 3 aromatic carbocycles. The second-order valence-electron chi connectivity index (χ2n) is 12.3. The number of carbonyl (C=O) groups excluding carboxylic acids is 1. The van der Waals surface area contributed by atoms with Gasteiger partial charge in [0.15, 0.2) is 0 Å². The molecule has 2 aliphatic rings. The highest BCUT2D eigenvalue weighted by Gasteiger charge is 2.27. The van der Waals surface area contributed by atoms with E-state index in [1.165, 1.54) is 12.3 Å². The number of hydrogen-bond acceptors (Lipinski definition) is 7. The normalized spacial score (nSPS) is 15.9. The number of carbonyl (C=O) groups is 1. The number of fused-ring (bicyclic) bond motifs is 2. The van der Waals surface area contributed by atoms with Gasteiger partial charge in [0.05, 0.1) is 30.0 Å². The van der Waals surface area contributed by atoms with Gasteiger partial charge in [-0.1, -0.05) is 0 Å². The molecule has 8 nitrogen and oxygen atoms in total. The van der Waals surface area contributed by atoms with Crippen LogP contribution >= 0.6 is 0 Å². The number of hydrogen-bond donors (Lipinski definition) is 1.